The average molecular weight is 368 g/mol. The number of hydrogen-bond acceptors (Lipinski definition) is 5. The number of carbonyl (C=O) groups is 2. The van der Waals surface area contributed by atoms with Crippen molar-refractivity contribution >= 4 is 27.6 Å². The van der Waals surface area contributed by atoms with E-state index in [-0.39, 0.29) is 6.04 Å². The Morgan fingerprint density at radius 3 is 2.56 bits per heavy atom. The third-order valence-electron chi connectivity index (χ3n) is 4.58. The number of rotatable bonds is 5. The fourth-order valence-corrected chi connectivity index (χ4v) is 4.34. The highest BCUT2D eigenvalue weighted by atomic mass is 32.2. The number of benzene rings is 1. The van der Waals surface area contributed by atoms with Crippen LogP contribution in [0, 0.1) is 0 Å². The summed E-state index contributed by atoms with van der Waals surface area (Å²) in [7, 11) is -2.10. The molecule has 1 aromatic carbocycles. The monoisotopic (exact) mass is 368 g/mol. The van der Waals surface area contributed by atoms with E-state index >= 15 is 0 Å². The first-order valence-corrected chi connectivity index (χ1v) is 9.91. The molecule has 2 atom stereocenters. The molecule has 7 nitrogen and oxygen atoms in total. The molecule has 0 bridgehead atoms. The predicted molar refractivity (Wildman–Crippen MR) is 95.1 cm³/mol. The topological polar surface area (TPSA) is 92.8 Å². The van der Waals surface area contributed by atoms with Crippen molar-refractivity contribution in [1.82, 2.24) is 5.32 Å². The fourth-order valence-electron chi connectivity index (χ4n) is 3.08. The highest BCUT2D eigenvalue weighted by Crippen LogP contribution is 2.34. The zero-order valence-corrected chi connectivity index (χ0v) is 15.9. The molecule has 0 saturated carbocycles. The summed E-state index contributed by atoms with van der Waals surface area (Å²) in [6, 6.07) is 4.69. The number of nitrogens with zero attached hydrogens (tertiary/aromatic N) is 1. The Morgan fingerprint density at radius 2 is 2.04 bits per heavy atom. The molecular formula is C17H24N2O5S. The van der Waals surface area contributed by atoms with E-state index in [1.165, 1.54) is 17.7 Å². The van der Waals surface area contributed by atoms with Crippen molar-refractivity contribution in [3.8, 4) is 0 Å². The molecule has 0 aliphatic carbocycles. The van der Waals surface area contributed by atoms with Crippen LogP contribution in [0.5, 0.6) is 0 Å². The molecule has 2 rings (SSSR count). The highest BCUT2D eigenvalue weighted by Gasteiger charge is 2.36. The van der Waals surface area contributed by atoms with Gasteiger partial charge in [-0.3, -0.25) is 9.10 Å². The number of esters is 1. The molecule has 0 fully saturated rings. The molecule has 1 aliphatic heterocycles. The lowest BCUT2D eigenvalue weighted by Crippen LogP contribution is -2.52. The quantitative estimate of drug-likeness (QED) is 0.795. The second-order valence-electron chi connectivity index (χ2n) is 6.59. The zero-order chi connectivity index (χ0) is 19.0. The molecule has 0 aromatic heterocycles. The molecule has 138 valence electrons. The Labute approximate surface area is 148 Å². The number of hydrogen-bond donors (Lipinski definition) is 1. The molecule has 1 heterocycles. The van der Waals surface area contributed by atoms with Crippen molar-refractivity contribution in [3.63, 3.8) is 0 Å². The van der Waals surface area contributed by atoms with E-state index in [1.807, 2.05) is 6.92 Å². The molecule has 0 unspecified atom stereocenters. The Bertz CT molecular complexity index is 805. The molecule has 25 heavy (non-hydrogen) atoms. The Balaban J connectivity index is 2.31. The molecule has 0 radical (unpaired) electrons. The maximum atomic E-state index is 12.5. The smallest absolute Gasteiger partial charge is 0.331 e. The summed E-state index contributed by atoms with van der Waals surface area (Å²) < 4.78 is 30.0. The Kier molecular flexibility index (Phi) is 5.13. The fraction of sp³-hybridized carbons (Fsp3) is 0.529. The number of fused-ring (bicyclic) bond motifs is 1. The third kappa shape index (κ3) is 3.63. The van der Waals surface area contributed by atoms with Crippen LogP contribution in [0.4, 0.5) is 5.69 Å². The largest absolute Gasteiger partial charge is 0.467 e. The van der Waals surface area contributed by atoms with Gasteiger partial charge in [0.15, 0.2) is 0 Å². The Hall–Kier alpha value is -2.09. The number of methoxy groups -OCH3 is 1. The van der Waals surface area contributed by atoms with Crippen molar-refractivity contribution in [1.29, 1.82) is 0 Å². The maximum Gasteiger partial charge on any atom is 0.331 e. The molecule has 1 aliphatic rings. The van der Waals surface area contributed by atoms with Crippen LogP contribution < -0.4 is 9.62 Å². The van der Waals surface area contributed by atoms with Gasteiger partial charge in [-0.25, -0.2) is 13.2 Å². The highest BCUT2D eigenvalue weighted by molar-refractivity contribution is 7.92. The van der Waals surface area contributed by atoms with Gasteiger partial charge < -0.3 is 10.1 Å². The van der Waals surface area contributed by atoms with Crippen LogP contribution in [-0.4, -0.2) is 45.2 Å². The molecular weight excluding hydrogens is 344 g/mol. The van der Waals surface area contributed by atoms with Gasteiger partial charge in [-0.2, -0.15) is 0 Å². The second-order valence-corrected chi connectivity index (χ2v) is 8.45. The van der Waals surface area contributed by atoms with Gasteiger partial charge in [-0.1, -0.05) is 6.92 Å². The molecule has 0 saturated heterocycles. The summed E-state index contributed by atoms with van der Waals surface area (Å²) in [6.07, 6.45) is 2.09. The summed E-state index contributed by atoms with van der Waals surface area (Å²) in [5.74, 6) is -0.913. The van der Waals surface area contributed by atoms with Gasteiger partial charge in [0, 0.05) is 11.6 Å². The van der Waals surface area contributed by atoms with Crippen molar-refractivity contribution in [2.24, 2.45) is 0 Å². The lowest BCUT2D eigenvalue weighted by molar-refractivity contribution is -0.147. The molecule has 1 aromatic rings. The number of sulfonamides is 1. The van der Waals surface area contributed by atoms with Gasteiger partial charge in [0.1, 0.15) is 5.54 Å². The molecule has 8 heteroatoms. The first-order chi connectivity index (χ1) is 11.5. The molecule has 0 spiro atoms. The van der Waals surface area contributed by atoms with Crippen molar-refractivity contribution in [3.05, 3.63) is 29.3 Å². The van der Waals surface area contributed by atoms with Crippen LogP contribution in [0.25, 0.3) is 0 Å². The van der Waals surface area contributed by atoms with E-state index in [4.69, 9.17) is 4.74 Å². The number of amides is 1. The van der Waals surface area contributed by atoms with Gasteiger partial charge in [0.2, 0.25) is 10.0 Å². The van der Waals surface area contributed by atoms with Crippen molar-refractivity contribution < 1.29 is 22.7 Å². The number of carbonyl (C=O) groups excluding carboxylic acids is 2. The van der Waals surface area contributed by atoms with E-state index in [9.17, 15) is 18.0 Å². The normalized spacial score (nSPS) is 19.1. The minimum Gasteiger partial charge on any atom is -0.467 e. The number of nitrogens with one attached hydrogen (secondary N) is 1. The summed E-state index contributed by atoms with van der Waals surface area (Å²) in [5, 5.41) is 2.71. The molecule has 1 N–H and O–H groups in total. The average Bonchev–Trinajstić information content (AvgIpc) is 2.88. The number of ether oxygens (including phenoxy) is 1. The summed E-state index contributed by atoms with van der Waals surface area (Å²) in [4.78, 5) is 24.5. The minimum absolute atomic E-state index is 0.195. The van der Waals surface area contributed by atoms with Crippen molar-refractivity contribution in [2.75, 3.05) is 17.7 Å². The lowest BCUT2D eigenvalue weighted by atomic mass is 9.98. The second kappa shape index (κ2) is 6.67. The van der Waals surface area contributed by atoms with Crippen LogP contribution >= 0.6 is 0 Å². The SMILES string of the molecule is CC[C@@](C)(NC(=O)c1ccc2c(c1)C[C@H](C)N2S(C)(=O)=O)C(=O)OC. The third-order valence-corrected chi connectivity index (χ3v) is 5.86. The van der Waals surface area contributed by atoms with Gasteiger partial charge in [-0.05, 0) is 50.5 Å². The van der Waals surface area contributed by atoms with E-state index in [1.54, 1.807) is 32.0 Å². The van der Waals surface area contributed by atoms with Crippen LogP contribution in [-0.2, 0) is 26.0 Å². The summed E-state index contributed by atoms with van der Waals surface area (Å²) in [6.45, 7) is 5.22. The van der Waals surface area contributed by atoms with Crippen LogP contribution in [0.1, 0.15) is 43.1 Å². The van der Waals surface area contributed by atoms with Gasteiger partial charge in [0.25, 0.3) is 5.91 Å². The van der Waals surface area contributed by atoms with E-state index in [2.05, 4.69) is 5.32 Å². The summed E-state index contributed by atoms with van der Waals surface area (Å²) in [5.41, 5.74) is 0.654. The van der Waals surface area contributed by atoms with Gasteiger partial charge in [0.05, 0.1) is 19.1 Å². The summed E-state index contributed by atoms with van der Waals surface area (Å²) >= 11 is 0. The van der Waals surface area contributed by atoms with E-state index in [0.717, 1.165) is 5.56 Å². The van der Waals surface area contributed by atoms with Gasteiger partial charge >= 0.3 is 5.97 Å². The first kappa shape index (κ1) is 19.2. The van der Waals surface area contributed by atoms with Crippen LogP contribution in [0.3, 0.4) is 0 Å². The maximum absolute atomic E-state index is 12.5. The predicted octanol–water partition coefficient (Wildman–Crippen LogP) is 1.47. The van der Waals surface area contributed by atoms with Crippen LogP contribution in [0.15, 0.2) is 18.2 Å². The van der Waals surface area contributed by atoms with Crippen molar-refractivity contribution in [2.45, 2.75) is 45.2 Å². The first-order valence-electron chi connectivity index (χ1n) is 8.06. The van der Waals surface area contributed by atoms with E-state index < -0.39 is 27.4 Å². The minimum atomic E-state index is -3.37. The lowest BCUT2D eigenvalue weighted by Gasteiger charge is -2.26. The Morgan fingerprint density at radius 1 is 1.40 bits per heavy atom. The van der Waals surface area contributed by atoms with Crippen LogP contribution in [0.2, 0.25) is 0 Å². The van der Waals surface area contributed by atoms with Gasteiger partial charge in [-0.15, -0.1) is 0 Å². The molecule has 1 amide bonds. The zero-order valence-electron chi connectivity index (χ0n) is 15.1. The number of anilines is 1. The standard InChI is InChI=1S/C17H24N2O5S/c1-6-17(3,16(21)24-4)18-15(20)12-7-8-14-13(10-12)9-11(2)19(14)25(5,22)23/h7-8,10-11H,6,9H2,1-5H3,(H,18,20)/t11-,17+/m0/s1. The van der Waals surface area contributed by atoms with E-state index in [0.29, 0.717) is 24.1 Å².